The van der Waals surface area contributed by atoms with Gasteiger partial charge in [0.05, 0.1) is 0 Å². The van der Waals surface area contributed by atoms with Crippen LogP contribution in [-0.4, -0.2) is 35.9 Å². The van der Waals surface area contributed by atoms with Crippen molar-refractivity contribution in [1.82, 2.24) is 10.3 Å². The van der Waals surface area contributed by atoms with E-state index in [0.717, 1.165) is 55.7 Å². The molecule has 29 heavy (non-hydrogen) atoms. The second kappa shape index (κ2) is 9.54. The zero-order valence-corrected chi connectivity index (χ0v) is 17.5. The molecule has 0 spiro atoms. The van der Waals surface area contributed by atoms with Gasteiger partial charge in [-0.1, -0.05) is 12.8 Å². The Balaban J connectivity index is 1.70. The lowest BCUT2D eigenvalue weighted by Gasteiger charge is -2.22. The molecule has 1 fully saturated rings. The Morgan fingerprint density at radius 3 is 2.45 bits per heavy atom. The van der Waals surface area contributed by atoms with Crippen molar-refractivity contribution in [3.8, 4) is 0 Å². The van der Waals surface area contributed by atoms with E-state index < -0.39 is 0 Å². The number of benzene rings is 1. The van der Waals surface area contributed by atoms with Crippen LogP contribution in [0.1, 0.15) is 65.9 Å². The Bertz CT molecular complexity index is 871. The molecule has 1 aliphatic carbocycles. The Morgan fingerprint density at radius 1 is 1.07 bits per heavy atom. The lowest BCUT2D eigenvalue weighted by Crippen LogP contribution is -2.33. The smallest absolute Gasteiger partial charge is 0.270 e. The third kappa shape index (κ3) is 5.13. The van der Waals surface area contributed by atoms with Crippen LogP contribution in [0.25, 0.3) is 0 Å². The first-order valence-electron chi connectivity index (χ1n) is 10.5. The lowest BCUT2D eigenvalue weighted by molar-refractivity contribution is 0.0933. The van der Waals surface area contributed by atoms with Crippen LogP contribution in [-0.2, 0) is 0 Å². The average Bonchev–Trinajstić information content (AvgIpc) is 3.24. The van der Waals surface area contributed by atoms with Crippen LogP contribution in [0.5, 0.6) is 0 Å². The van der Waals surface area contributed by atoms with E-state index in [1.807, 2.05) is 19.1 Å². The Kier molecular flexibility index (Phi) is 6.86. The van der Waals surface area contributed by atoms with Crippen LogP contribution < -0.4 is 15.5 Å². The summed E-state index contributed by atoms with van der Waals surface area (Å²) >= 11 is 0. The molecule has 2 N–H and O–H groups in total. The van der Waals surface area contributed by atoms with Crippen molar-refractivity contribution in [2.24, 2.45) is 0 Å². The number of aromatic nitrogens is 1. The summed E-state index contributed by atoms with van der Waals surface area (Å²) in [6, 6.07) is 9.42. The number of hydrogen-bond acceptors (Lipinski definition) is 4. The summed E-state index contributed by atoms with van der Waals surface area (Å²) in [4.78, 5) is 31.6. The normalized spacial score (nSPS) is 13.9. The zero-order chi connectivity index (χ0) is 20.8. The number of hydrogen-bond donors (Lipinski definition) is 2. The molecule has 1 aromatic carbocycles. The zero-order valence-electron chi connectivity index (χ0n) is 17.5. The average molecular weight is 395 g/mol. The van der Waals surface area contributed by atoms with Crippen molar-refractivity contribution in [2.75, 3.05) is 23.3 Å². The minimum absolute atomic E-state index is 0.216. The highest BCUT2D eigenvalue weighted by Crippen LogP contribution is 2.23. The van der Waals surface area contributed by atoms with E-state index >= 15 is 0 Å². The van der Waals surface area contributed by atoms with Crippen LogP contribution in [0, 0.1) is 6.92 Å². The van der Waals surface area contributed by atoms with Gasteiger partial charge in [-0.3, -0.25) is 14.6 Å². The molecule has 0 bridgehead atoms. The number of nitrogens with one attached hydrogen (secondary N) is 2. The molecule has 0 aliphatic heterocycles. The third-order valence-electron chi connectivity index (χ3n) is 5.53. The largest absolute Gasteiger partial charge is 0.372 e. The minimum Gasteiger partial charge on any atom is -0.372 e. The quantitative estimate of drug-likeness (QED) is 0.739. The Labute approximate surface area is 172 Å². The number of nitrogens with zero attached hydrogens (tertiary/aromatic N) is 2. The molecule has 6 nitrogen and oxygen atoms in total. The molecular formula is C23H30N4O2. The van der Waals surface area contributed by atoms with Gasteiger partial charge in [-0.25, -0.2) is 0 Å². The van der Waals surface area contributed by atoms with Crippen molar-refractivity contribution in [2.45, 2.75) is 52.5 Å². The lowest BCUT2D eigenvalue weighted by atomic mass is 10.1. The second-order valence-corrected chi connectivity index (χ2v) is 7.51. The van der Waals surface area contributed by atoms with Crippen molar-refractivity contribution in [3.05, 3.63) is 53.3 Å². The molecule has 3 rings (SSSR count). The van der Waals surface area contributed by atoms with Gasteiger partial charge in [-0.15, -0.1) is 0 Å². The van der Waals surface area contributed by atoms with E-state index in [2.05, 4.69) is 40.4 Å². The van der Waals surface area contributed by atoms with E-state index in [4.69, 9.17) is 0 Å². The number of amides is 2. The van der Waals surface area contributed by atoms with Crippen LogP contribution in [0.3, 0.4) is 0 Å². The molecule has 1 heterocycles. The van der Waals surface area contributed by atoms with Crippen molar-refractivity contribution in [3.63, 3.8) is 0 Å². The summed E-state index contributed by atoms with van der Waals surface area (Å²) < 4.78 is 0. The van der Waals surface area contributed by atoms with Gasteiger partial charge in [0.1, 0.15) is 5.69 Å². The number of carbonyl (C=O) groups excluding carboxylic acids is 2. The fraction of sp³-hybridized carbons (Fsp3) is 0.435. The number of carbonyl (C=O) groups is 2. The first-order valence-corrected chi connectivity index (χ1v) is 10.5. The van der Waals surface area contributed by atoms with Gasteiger partial charge >= 0.3 is 0 Å². The third-order valence-corrected chi connectivity index (χ3v) is 5.53. The molecule has 0 saturated heterocycles. The van der Waals surface area contributed by atoms with Gasteiger partial charge in [0.2, 0.25) is 0 Å². The standard InChI is InChI=1S/C23H30N4O2/c1-4-27(5-2)19-10-11-20(16(3)14-19)26-22(28)17-12-13-24-21(15-17)23(29)25-18-8-6-7-9-18/h10-15,18H,4-9H2,1-3H3,(H,25,29)(H,26,28). The molecule has 6 heteroatoms. The van der Waals surface area contributed by atoms with E-state index in [1.54, 1.807) is 12.1 Å². The van der Waals surface area contributed by atoms with Gasteiger partial charge in [0.25, 0.3) is 11.8 Å². The molecule has 0 unspecified atom stereocenters. The van der Waals surface area contributed by atoms with E-state index in [0.29, 0.717) is 5.56 Å². The van der Waals surface area contributed by atoms with E-state index in [-0.39, 0.29) is 23.6 Å². The van der Waals surface area contributed by atoms with Crippen LogP contribution in [0.2, 0.25) is 0 Å². The molecule has 2 amide bonds. The van der Waals surface area contributed by atoms with Crippen molar-refractivity contribution >= 4 is 23.2 Å². The molecule has 1 aliphatic rings. The van der Waals surface area contributed by atoms with Crippen molar-refractivity contribution in [1.29, 1.82) is 0 Å². The van der Waals surface area contributed by atoms with Gasteiger partial charge in [-0.2, -0.15) is 0 Å². The molecule has 1 aromatic heterocycles. The molecule has 1 saturated carbocycles. The highest BCUT2D eigenvalue weighted by molar-refractivity contribution is 6.06. The topological polar surface area (TPSA) is 74.3 Å². The summed E-state index contributed by atoms with van der Waals surface area (Å²) in [7, 11) is 0. The summed E-state index contributed by atoms with van der Waals surface area (Å²) in [5.41, 5.74) is 3.60. The van der Waals surface area contributed by atoms with Crippen LogP contribution in [0.4, 0.5) is 11.4 Å². The first-order chi connectivity index (χ1) is 14.0. The molecule has 0 atom stereocenters. The molecule has 2 aromatic rings. The fourth-order valence-electron chi connectivity index (χ4n) is 3.79. The summed E-state index contributed by atoms with van der Waals surface area (Å²) in [5, 5.41) is 5.96. The summed E-state index contributed by atoms with van der Waals surface area (Å²) in [5.74, 6) is -0.465. The van der Waals surface area contributed by atoms with Gasteiger partial charge in [0, 0.05) is 42.3 Å². The van der Waals surface area contributed by atoms with Gasteiger partial charge in [-0.05, 0) is 69.5 Å². The number of aryl methyl sites for hydroxylation is 1. The predicted molar refractivity (Wildman–Crippen MR) is 117 cm³/mol. The number of pyridine rings is 1. The maximum atomic E-state index is 12.7. The monoisotopic (exact) mass is 394 g/mol. The molecular weight excluding hydrogens is 364 g/mol. The maximum absolute atomic E-state index is 12.7. The SMILES string of the molecule is CCN(CC)c1ccc(NC(=O)c2ccnc(C(=O)NC3CCCC3)c2)c(C)c1. The minimum atomic E-state index is -0.249. The highest BCUT2D eigenvalue weighted by atomic mass is 16.2. The predicted octanol–water partition coefficient (Wildman–Crippen LogP) is 4.16. The summed E-state index contributed by atoms with van der Waals surface area (Å²) in [6.07, 6.45) is 5.82. The number of rotatable bonds is 7. The van der Waals surface area contributed by atoms with Crippen LogP contribution >= 0.6 is 0 Å². The fourth-order valence-corrected chi connectivity index (χ4v) is 3.79. The highest BCUT2D eigenvalue weighted by Gasteiger charge is 2.19. The summed E-state index contributed by atoms with van der Waals surface area (Å²) in [6.45, 7) is 8.10. The van der Waals surface area contributed by atoms with Gasteiger partial charge < -0.3 is 15.5 Å². The maximum Gasteiger partial charge on any atom is 0.270 e. The van der Waals surface area contributed by atoms with Gasteiger partial charge in [0.15, 0.2) is 0 Å². The first kappa shape index (κ1) is 20.8. The number of anilines is 2. The Hall–Kier alpha value is -2.89. The molecule has 0 radical (unpaired) electrons. The van der Waals surface area contributed by atoms with E-state index in [1.165, 1.54) is 6.20 Å². The van der Waals surface area contributed by atoms with Crippen LogP contribution in [0.15, 0.2) is 36.5 Å². The molecule has 154 valence electrons. The van der Waals surface area contributed by atoms with E-state index in [9.17, 15) is 9.59 Å². The Morgan fingerprint density at radius 2 is 1.79 bits per heavy atom. The second-order valence-electron chi connectivity index (χ2n) is 7.51. The van der Waals surface area contributed by atoms with Crippen molar-refractivity contribution < 1.29 is 9.59 Å².